The SMILES string of the molecule is CCCc1ccc(C2c3[nH]c4ccc(Cl)cc4c3CCN2C(=O)C(C)Oc2ccccc2)cc1. The lowest BCUT2D eigenvalue weighted by Crippen LogP contribution is -2.46. The van der Waals surface area contributed by atoms with Crippen LogP contribution in [0.3, 0.4) is 0 Å². The van der Waals surface area contributed by atoms with Crippen molar-refractivity contribution >= 4 is 28.4 Å². The molecule has 1 N–H and O–H groups in total. The van der Waals surface area contributed by atoms with Crippen LogP contribution in [0.25, 0.3) is 10.9 Å². The first-order chi connectivity index (χ1) is 16.5. The molecule has 1 aliphatic heterocycles. The van der Waals surface area contributed by atoms with Gasteiger partial charge in [0, 0.05) is 28.2 Å². The molecule has 34 heavy (non-hydrogen) atoms. The van der Waals surface area contributed by atoms with Crippen molar-refractivity contribution in [3.63, 3.8) is 0 Å². The zero-order valence-corrected chi connectivity index (χ0v) is 20.3. The predicted octanol–water partition coefficient (Wildman–Crippen LogP) is 6.72. The second-order valence-electron chi connectivity index (χ2n) is 8.96. The van der Waals surface area contributed by atoms with Gasteiger partial charge >= 0.3 is 0 Å². The lowest BCUT2D eigenvalue weighted by atomic mass is 9.91. The smallest absolute Gasteiger partial charge is 0.264 e. The van der Waals surface area contributed by atoms with Gasteiger partial charge in [0.25, 0.3) is 5.91 Å². The molecule has 0 spiro atoms. The van der Waals surface area contributed by atoms with Gasteiger partial charge in [-0.15, -0.1) is 0 Å². The second-order valence-corrected chi connectivity index (χ2v) is 9.39. The van der Waals surface area contributed by atoms with Crippen molar-refractivity contribution in [2.75, 3.05) is 6.54 Å². The third-order valence-corrected chi connectivity index (χ3v) is 6.85. The molecule has 174 valence electrons. The number of benzene rings is 3. The minimum absolute atomic E-state index is 0.0196. The van der Waals surface area contributed by atoms with E-state index in [0.717, 1.165) is 46.4 Å². The zero-order chi connectivity index (χ0) is 23.7. The zero-order valence-electron chi connectivity index (χ0n) is 19.6. The van der Waals surface area contributed by atoms with Gasteiger partial charge in [0.2, 0.25) is 0 Å². The molecular weight excluding hydrogens is 444 g/mol. The maximum atomic E-state index is 13.7. The van der Waals surface area contributed by atoms with E-state index in [0.29, 0.717) is 12.3 Å². The normalized spacial score (nSPS) is 16.3. The number of hydrogen-bond donors (Lipinski definition) is 1. The van der Waals surface area contributed by atoms with Gasteiger partial charge in [-0.25, -0.2) is 0 Å². The van der Waals surface area contributed by atoms with Crippen molar-refractivity contribution in [3.05, 3.63) is 100 Å². The Balaban J connectivity index is 1.54. The van der Waals surface area contributed by atoms with Crippen LogP contribution >= 0.6 is 11.6 Å². The molecule has 1 aromatic heterocycles. The summed E-state index contributed by atoms with van der Waals surface area (Å²) in [4.78, 5) is 19.3. The van der Waals surface area contributed by atoms with Crippen LogP contribution in [-0.4, -0.2) is 28.4 Å². The van der Waals surface area contributed by atoms with Crippen LogP contribution in [-0.2, 0) is 17.6 Å². The Morgan fingerprint density at radius 1 is 1.12 bits per heavy atom. The molecular formula is C29H29ClN2O2. The van der Waals surface area contributed by atoms with Gasteiger partial charge < -0.3 is 14.6 Å². The molecule has 0 saturated carbocycles. The van der Waals surface area contributed by atoms with Gasteiger partial charge in [-0.1, -0.05) is 67.4 Å². The minimum atomic E-state index is -0.593. The molecule has 3 aromatic carbocycles. The summed E-state index contributed by atoms with van der Waals surface area (Å²) in [6.45, 7) is 4.64. The van der Waals surface area contributed by atoms with Crippen molar-refractivity contribution in [3.8, 4) is 5.75 Å². The van der Waals surface area contributed by atoms with E-state index in [-0.39, 0.29) is 11.9 Å². The summed E-state index contributed by atoms with van der Waals surface area (Å²) >= 11 is 6.32. The number of aryl methyl sites for hydroxylation is 1. The molecule has 4 nitrogen and oxygen atoms in total. The monoisotopic (exact) mass is 472 g/mol. The van der Waals surface area contributed by atoms with Crippen molar-refractivity contribution < 1.29 is 9.53 Å². The number of aromatic nitrogens is 1. The number of nitrogens with zero attached hydrogens (tertiary/aromatic N) is 1. The Morgan fingerprint density at radius 2 is 1.88 bits per heavy atom. The van der Waals surface area contributed by atoms with Crippen LogP contribution in [0, 0.1) is 0 Å². The molecule has 4 aromatic rings. The molecule has 0 bridgehead atoms. The number of halogens is 1. The minimum Gasteiger partial charge on any atom is -0.481 e. The average Bonchev–Trinajstić information content (AvgIpc) is 3.22. The molecule has 0 fully saturated rings. The number of aromatic amines is 1. The van der Waals surface area contributed by atoms with E-state index in [1.807, 2.05) is 60.4 Å². The Morgan fingerprint density at radius 3 is 2.62 bits per heavy atom. The lowest BCUT2D eigenvalue weighted by Gasteiger charge is -2.37. The maximum Gasteiger partial charge on any atom is 0.264 e. The highest BCUT2D eigenvalue weighted by atomic mass is 35.5. The number of carbonyl (C=O) groups excluding carboxylic acids is 1. The number of hydrogen-bond acceptors (Lipinski definition) is 2. The molecule has 5 rings (SSSR count). The standard InChI is InChI=1S/C29H29ClN2O2/c1-3-7-20-10-12-21(13-11-20)28-27-24(25-18-22(30)14-15-26(25)31-27)16-17-32(28)29(33)19(2)34-23-8-5-4-6-9-23/h4-6,8-15,18-19,28,31H,3,7,16-17H2,1-2H3. The summed E-state index contributed by atoms with van der Waals surface area (Å²) in [5.41, 5.74) is 5.75. The molecule has 2 atom stereocenters. The number of carbonyl (C=O) groups is 1. The second kappa shape index (κ2) is 9.55. The van der Waals surface area contributed by atoms with Gasteiger partial charge in [0.05, 0.1) is 6.04 Å². The Bertz CT molecular complexity index is 1300. The summed E-state index contributed by atoms with van der Waals surface area (Å²) in [6, 6.07) is 23.9. The summed E-state index contributed by atoms with van der Waals surface area (Å²) in [5, 5.41) is 1.86. The van der Waals surface area contributed by atoms with E-state index in [1.54, 1.807) is 0 Å². The number of amides is 1. The van der Waals surface area contributed by atoms with Gasteiger partial charge in [-0.3, -0.25) is 4.79 Å². The lowest BCUT2D eigenvalue weighted by molar-refractivity contribution is -0.140. The Labute approximate surface area is 205 Å². The molecule has 1 aliphatic rings. The largest absolute Gasteiger partial charge is 0.481 e. The fourth-order valence-corrected chi connectivity index (χ4v) is 5.16. The molecule has 1 amide bonds. The molecule has 2 unspecified atom stereocenters. The first-order valence-corrected chi connectivity index (χ1v) is 12.3. The number of nitrogens with one attached hydrogen (secondary N) is 1. The highest BCUT2D eigenvalue weighted by molar-refractivity contribution is 6.31. The van der Waals surface area contributed by atoms with Gasteiger partial charge in [-0.2, -0.15) is 0 Å². The van der Waals surface area contributed by atoms with Crippen LogP contribution in [0.15, 0.2) is 72.8 Å². The van der Waals surface area contributed by atoms with Gasteiger partial charge in [0.1, 0.15) is 5.75 Å². The van der Waals surface area contributed by atoms with Crippen LogP contribution in [0.4, 0.5) is 0 Å². The topological polar surface area (TPSA) is 45.3 Å². The van der Waals surface area contributed by atoms with Gasteiger partial charge in [-0.05, 0) is 66.8 Å². The van der Waals surface area contributed by atoms with Gasteiger partial charge in [0.15, 0.2) is 6.10 Å². The van der Waals surface area contributed by atoms with Crippen LogP contribution in [0.2, 0.25) is 5.02 Å². The fraction of sp³-hybridized carbons (Fsp3) is 0.276. The first-order valence-electron chi connectivity index (χ1n) is 12.0. The van der Waals surface area contributed by atoms with Crippen molar-refractivity contribution in [1.29, 1.82) is 0 Å². The fourth-order valence-electron chi connectivity index (χ4n) is 4.99. The van der Waals surface area contributed by atoms with Crippen molar-refractivity contribution in [1.82, 2.24) is 9.88 Å². The number of para-hydroxylation sites is 1. The molecule has 5 heteroatoms. The summed E-state index contributed by atoms with van der Waals surface area (Å²) in [6.07, 6.45) is 2.33. The molecule has 2 heterocycles. The molecule has 0 radical (unpaired) electrons. The van der Waals surface area contributed by atoms with Crippen LogP contribution < -0.4 is 4.74 Å². The van der Waals surface area contributed by atoms with E-state index in [4.69, 9.17) is 16.3 Å². The van der Waals surface area contributed by atoms with E-state index in [1.165, 1.54) is 11.1 Å². The van der Waals surface area contributed by atoms with Crippen molar-refractivity contribution in [2.24, 2.45) is 0 Å². The summed E-state index contributed by atoms with van der Waals surface area (Å²) in [7, 11) is 0. The first kappa shape index (κ1) is 22.5. The third-order valence-electron chi connectivity index (χ3n) is 6.61. The third kappa shape index (κ3) is 4.30. The number of fused-ring (bicyclic) bond motifs is 3. The van der Waals surface area contributed by atoms with E-state index < -0.39 is 6.10 Å². The van der Waals surface area contributed by atoms with Crippen LogP contribution in [0.5, 0.6) is 5.75 Å². The Hall–Kier alpha value is -3.24. The molecule has 0 saturated heterocycles. The van der Waals surface area contributed by atoms with E-state index >= 15 is 0 Å². The highest BCUT2D eigenvalue weighted by Crippen LogP contribution is 2.39. The molecule has 0 aliphatic carbocycles. The maximum absolute atomic E-state index is 13.7. The quantitative estimate of drug-likeness (QED) is 0.338. The highest BCUT2D eigenvalue weighted by Gasteiger charge is 2.36. The number of rotatable bonds is 6. The predicted molar refractivity (Wildman–Crippen MR) is 138 cm³/mol. The summed E-state index contributed by atoms with van der Waals surface area (Å²) in [5.74, 6) is 0.676. The Kier molecular flexibility index (Phi) is 6.34. The number of H-pyrrole nitrogens is 1. The summed E-state index contributed by atoms with van der Waals surface area (Å²) < 4.78 is 6.01. The average molecular weight is 473 g/mol. The van der Waals surface area contributed by atoms with Crippen LogP contribution in [0.1, 0.15) is 48.7 Å². The van der Waals surface area contributed by atoms with E-state index in [2.05, 4.69) is 36.2 Å². The number of ether oxygens (including phenoxy) is 1. The van der Waals surface area contributed by atoms with Crippen molar-refractivity contribution in [2.45, 2.75) is 45.3 Å². The van der Waals surface area contributed by atoms with E-state index in [9.17, 15) is 4.79 Å².